The molecule has 2 aromatic carbocycles. The van der Waals surface area contributed by atoms with Crippen LogP contribution in [-0.2, 0) is 4.79 Å². The summed E-state index contributed by atoms with van der Waals surface area (Å²) in [4.78, 5) is 27.7. The quantitative estimate of drug-likeness (QED) is 0.900. The lowest BCUT2D eigenvalue weighted by atomic mass is 10.1. The zero-order valence-corrected chi connectivity index (χ0v) is 14.1. The molecule has 25 heavy (non-hydrogen) atoms. The number of rotatable bonds is 3. The molecule has 6 heteroatoms. The van der Waals surface area contributed by atoms with Crippen molar-refractivity contribution < 1.29 is 14.7 Å². The zero-order chi connectivity index (χ0) is 17.8. The van der Waals surface area contributed by atoms with Gasteiger partial charge in [-0.1, -0.05) is 0 Å². The third-order valence-electron chi connectivity index (χ3n) is 4.23. The number of piperazine rings is 1. The summed E-state index contributed by atoms with van der Waals surface area (Å²) in [5, 5.41) is 12.1. The smallest absolute Gasteiger partial charge is 0.253 e. The number of hydrogen-bond acceptors (Lipinski definition) is 4. The number of phenolic OH excluding ortho intramolecular Hbond substituents is 1. The second-order valence-electron chi connectivity index (χ2n) is 6.05. The van der Waals surface area contributed by atoms with Gasteiger partial charge in [-0.15, -0.1) is 0 Å². The highest BCUT2D eigenvalue weighted by Crippen LogP contribution is 2.20. The zero-order valence-electron chi connectivity index (χ0n) is 14.1. The van der Waals surface area contributed by atoms with Crippen molar-refractivity contribution in [2.75, 3.05) is 36.4 Å². The molecule has 0 aliphatic carbocycles. The second-order valence-corrected chi connectivity index (χ2v) is 6.05. The summed E-state index contributed by atoms with van der Waals surface area (Å²) in [6.45, 7) is 4.24. The maximum absolute atomic E-state index is 12.6. The van der Waals surface area contributed by atoms with Crippen LogP contribution in [-0.4, -0.2) is 48.0 Å². The van der Waals surface area contributed by atoms with Crippen LogP contribution in [0.4, 0.5) is 11.4 Å². The van der Waals surface area contributed by atoms with Crippen molar-refractivity contribution in [3.05, 3.63) is 54.1 Å². The highest BCUT2D eigenvalue weighted by molar-refractivity contribution is 5.95. The molecule has 1 saturated heterocycles. The number of benzene rings is 2. The van der Waals surface area contributed by atoms with Gasteiger partial charge in [0.1, 0.15) is 5.75 Å². The van der Waals surface area contributed by atoms with Crippen LogP contribution in [0.25, 0.3) is 0 Å². The molecule has 0 spiro atoms. The fourth-order valence-corrected chi connectivity index (χ4v) is 2.91. The Hall–Kier alpha value is -3.02. The molecule has 0 radical (unpaired) electrons. The van der Waals surface area contributed by atoms with Gasteiger partial charge < -0.3 is 20.2 Å². The van der Waals surface area contributed by atoms with Crippen molar-refractivity contribution in [3.63, 3.8) is 0 Å². The molecular formula is C19H21N3O3. The number of anilines is 2. The molecule has 1 aliphatic heterocycles. The van der Waals surface area contributed by atoms with E-state index in [1.54, 1.807) is 36.4 Å². The fourth-order valence-electron chi connectivity index (χ4n) is 2.91. The van der Waals surface area contributed by atoms with Crippen molar-refractivity contribution in [1.82, 2.24) is 4.90 Å². The van der Waals surface area contributed by atoms with Crippen molar-refractivity contribution in [2.45, 2.75) is 6.92 Å². The highest BCUT2D eigenvalue weighted by atomic mass is 16.3. The standard InChI is InChI=1S/C19H21N3O3/c1-14(23)20-16-4-2-15(3-5-16)19(25)22-12-10-21(11-13-22)17-6-8-18(24)9-7-17/h2-9,24H,10-13H2,1H3,(H,20,23). The average molecular weight is 339 g/mol. The van der Waals surface area contributed by atoms with Crippen LogP contribution in [0.1, 0.15) is 17.3 Å². The summed E-state index contributed by atoms with van der Waals surface area (Å²) < 4.78 is 0. The van der Waals surface area contributed by atoms with Crippen LogP contribution in [0.15, 0.2) is 48.5 Å². The van der Waals surface area contributed by atoms with Gasteiger partial charge in [-0.25, -0.2) is 0 Å². The van der Waals surface area contributed by atoms with Gasteiger partial charge in [0.25, 0.3) is 5.91 Å². The van der Waals surface area contributed by atoms with E-state index in [2.05, 4.69) is 10.2 Å². The van der Waals surface area contributed by atoms with E-state index in [0.717, 1.165) is 18.8 Å². The minimum Gasteiger partial charge on any atom is -0.508 e. The van der Waals surface area contributed by atoms with E-state index >= 15 is 0 Å². The summed E-state index contributed by atoms with van der Waals surface area (Å²) in [7, 11) is 0. The van der Waals surface area contributed by atoms with E-state index in [1.807, 2.05) is 17.0 Å². The first-order valence-electron chi connectivity index (χ1n) is 8.24. The van der Waals surface area contributed by atoms with Crippen LogP contribution in [0, 0.1) is 0 Å². The molecule has 0 unspecified atom stereocenters. The lowest BCUT2D eigenvalue weighted by Gasteiger charge is -2.36. The summed E-state index contributed by atoms with van der Waals surface area (Å²) in [5.74, 6) is 0.115. The van der Waals surface area contributed by atoms with Crippen molar-refractivity contribution in [3.8, 4) is 5.75 Å². The van der Waals surface area contributed by atoms with Gasteiger partial charge >= 0.3 is 0 Å². The lowest BCUT2D eigenvalue weighted by molar-refractivity contribution is -0.114. The third-order valence-corrected chi connectivity index (χ3v) is 4.23. The molecule has 0 bridgehead atoms. The van der Waals surface area contributed by atoms with Crippen molar-refractivity contribution in [2.24, 2.45) is 0 Å². The van der Waals surface area contributed by atoms with Gasteiger partial charge in [0.05, 0.1) is 0 Å². The SMILES string of the molecule is CC(=O)Nc1ccc(C(=O)N2CCN(c3ccc(O)cc3)CC2)cc1. The predicted octanol–water partition coefficient (Wildman–Crippen LogP) is 2.31. The topological polar surface area (TPSA) is 72.9 Å². The van der Waals surface area contributed by atoms with Gasteiger partial charge in [0, 0.05) is 50.0 Å². The third kappa shape index (κ3) is 4.09. The van der Waals surface area contributed by atoms with E-state index in [4.69, 9.17) is 0 Å². The molecule has 1 heterocycles. The first-order chi connectivity index (χ1) is 12.0. The van der Waals surface area contributed by atoms with E-state index < -0.39 is 0 Å². The fraction of sp³-hybridized carbons (Fsp3) is 0.263. The van der Waals surface area contributed by atoms with Gasteiger partial charge in [-0.2, -0.15) is 0 Å². The maximum atomic E-state index is 12.6. The van der Waals surface area contributed by atoms with Crippen LogP contribution < -0.4 is 10.2 Å². The number of aromatic hydroxyl groups is 1. The number of carbonyl (C=O) groups is 2. The molecule has 6 nitrogen and oxygen atoms in total. The Morgan fingerprint density at radius 2 is 1.52 bits per heavy atom. The Labute approximate surface area is 146 Å². The van der Waals surface area contributed by atoms with Gasteiger partial charge in [0.2, 0.25) is 5.91 Å². The summed E-state index contributed by atoms with van der Waals surface area (Å²) in [6.07, 6.45) is 0. The largest absolute Gasteiger partial charge is 0.508 e. The number of amides is 2. The number of nitrogens with zero attached hydrogens (tertiary/aromatic N) is 2. The predicted molar refractivity (Wildman–Crippen MR) is 97.0 cm³/mol. The summed E-state index contributed by atoms with van der Waals surface area (Å²) in [5.41, 5.74) is 2.35. The number of hydrogen-bond donors (Lipinski definition) is 2. The molecule has 0 saturated carbocycles. The van der Waals surface area contributed by atoms with Gasteiger partial charge in [-0.05, 0) is 48.5 Å². The van der Waals surface area contributed by atoms with Crippen LogP contribution in [0.5, 0.6) is 5.75 Å². The van der Waals surface area contributed by atoms with E-state index in [-0.39, 0.29) is 17.6 Å². The van der Waals surface area contributed by atoms with Crippen LogP contribution >= 0.6 is 0 Å². The first kappa shape index (κ1) is 16.8. The molecule has 2 aromatic rings. The molecule has 0 aromatic heterocycles. The van der Waals surface area contributed by atoms with Gasteiger partial charge in [-0.3, -0.25) is 9.59 Å². The van der Waals surface area contributed by atoms with Crippen molar-refractivity contribution in [1.29, 1.82) is 0 Å². The van der Waals surface area contributed by atoms with E-state index in [9.17, 15) is 14.7 Å². The van der Waals surface area contributed by atoms with E-state index in [1.165, 1.54) is 6.92 Å². The molecule has 3 rings (SSSR count). The Kier molecular flexibility index (Phi) is 4.88. The monoisotopic (exact) mass is 339 g/mol. The molecule has 130 valence electrons. The normalized spacial score (nSPS) is 14.3. The number of nitrogens with one attached hydrogen (secondary N) is 1. The molecule has 1 aliphatic rings. The first-order valence-corrected chi connectivity index (χ1v) is 8.24. The highest BCUT2D eigenvalue weighted by Gasteiger charge is 2.22. The minimum atomic E-state index is -0.135. The minimum absolute atomic E-state index is 0.000249. The molecule has 2 amide bonds. The lowest BCUT2D eigenvalue weighted by Crippen LogP contribution is -2.48. The van der Waals surface area contributed by atoms with Gasteiger partial charge in [0.15, 0.2) is 0 Å². The average Bonchev–Trinajstić information content (AvgIpc) is 2.62. The molecule has 0 atom stereocenters. The Morgan fingerprint density at radius 3 is 2.08 bits per heavy atom. The summed E-state index contributed by atoms with van der Waals surface area (Å²) >= 11 is 0. The Bertz CT molecular complexity index is 748. The maximum Gasteiger partial charge on any atom is 0.253 e. The molecular weight excluding hydrogens is 318 g/mol. The second kappa shape index (κ2) is 7.25. The van der Waals surface area contributed by atoms with E-state index in [0.29, 0.717) is 24.3 Å². The molecule has 1 fully saturated rings. The number of phenols is 1. The van der Waals surface area contributed by atoms with Crippen LogP contribution in [0.2, 0.25) is 0 Å². The Morgan fingerprint density at radius 1 is 0.920 bits per heavy atom. The van der Waals surface area contributed by atoms with Crippen LogP contribution in [0.3, 0.4) is 0 Å². The Balaban J connectivity index is 1.59. The number of carbonyl (C=O) groups excluding carboxylic acids is 2. The van der Waals surface area contributed by atoms with Crippen molar-refractivity contribution >= 4 is 23.2 Å². The molecule has 2 N–H and O–H groups in total. The summed E-state index contributed by atoms with van der Waals surface area (Å²) in [6, 6.07) is 14.1.